The van der Waals surface area contributed by atoms with Gasteiger partial charge in [-0.2, -0.15) is 4.98 Å². The van der Waals surface area contributed by atoms with E-state index in [0.29, 0.717) is 11.4 Å². The minimum atomic E-state index is -0.120. The van der Waals surface area contributed by atoms with Crippen molar-refractivity contribution >= 4 is 0 Å². The van der Waals surface area contributed by atoms with E-state index < -0.39 is 0 Å². The molecule has 0 aromatic heterocycles. The van der Waals surface area contributed by atoms with Crippen molar-refractivity contribution in [2.75, 3.05) is 7.11 Å². The topological polar surface area (TPSA) is 71.0 Å². The van der Waals surface area contributed by atoms with Gasteiger partial charge in [0.2, 0.25) is 5.88 Å². The quantitative estimate of drug-likeness (QED) is 0.649. The zero-order chi connectivity index (χ0) is 8.55. The first-order valence-corrected chi connectivity index (χ1v) is 3.39. The summed E-state index contributed by atoms with van der Waals surface area (Å²) in [4.78, 5) is 10.4. The lowest BCUT2D eigenvalue weighted by atomic mass is 10.3. The molecule has 2 heterocycles. The number of nitrogens with zero attached hydrogens (tertiary/aromatic N) is 2. The van der Waals surface area contributed by atoms with Crippen molar-refractivity contribution in [3.05, 3.63) is 12.3 Å². The predicted molar refractivity (Wildman–Crippen MR) is 41.2 cm³/mol. The molecule has 0 amide bonds. The number of fused-ring (bicyclic) bond motifs is 1. The van der Waals surface area contributed by atoms with E-state index in [0.717, 1.165) is 0 Å². The highest BCUT2D eigenvalue weighted by Crippen LogP contribution is 2.27. The van der Waals surface area contributed by atoms with Gasteiger partial charge in [0, 0.05) is 6.20 Å². The van der Waals surface area contributed by atoms with Crippen molar-refractivity contribution in [1.29, 1.82) is 0 Å². The largest absolute Gasteiger partial charge is 0.492 e. The first-order chi connectivity index (χ1) is 5.81. The van der Waals surface area contributed by atoms with Crippen molar-refractivity contribution in [2.24, 2.45) is 0 Å². The molecule has 0 atom stereocenters. The van der Waals surface area contributed by atoms with E-state index in [1.54, 1.807) is 12.3 Å². The van der Waals surface area contributed by atoms with E-state index in [2.05, 4.69) is 15.0 Å². The summed E-state index contributed by atoms with van der Waals surface area (Å²) in [6.07, 6.45) is 1.59. The number of aromatic nitrogens is 3. The Hall–Kier alpha value is -1.78. The van der Waals surface area contributed by atoms with E-state index in [-0.39, 0.29) is 11.9 Å². The van der Waals surface area contributed by atoms with Crippen LogP contribution in [-0.4, -0.2) is 27.2 Å². The number of aromatic hydroxyl groups is 1. The van der Waals surface area contributed by atoms with Gasteiger partial charge >= 0.3 is 0 Å². The molecule has 2 aliphatic heterocycles. The Morgan fingerprint density at radius 2 is 2.42 bits per heavy atom. The van der Waals surface area contributed by atoms with Gasteiger partial charge in [-0.25, -0.2) is 4.98 Å². The smallest absolute Gasteiger partial charge is 0.297 e. The molecule has 0 spiro atoms. The fourth-order valence-corrected chi connectivity index (χ4v) is 1.00. The second kappa shape index (κ2) is 2.37. The van der Waals surface area contributed by atoms with Crippen LogP contribution >= 0.6 is 0 Å². The summed E-state index contributed by atoms with van der Waals surface area (Å²) in [5.41, 5.74) is 1.16. The minimum absolute atomic E-state index is 0.120. The van der Waals surface area contributed by atoms with Crippen LogP contribution in [0.25, 0.3) is 11.4 Å². The molecule has 0 aliphatic carbocycles. The Morgan fingerprint density at radius 3 is 3.17 bits per heavy atom. The van der Waals surface area contributed by atoms with Gasteiger partial charge in [-0.3, -0.25) is 0 Å². The van der Waals surface area contributed by atoms with Gasteiger partial charge in [-0.1, -0.05) is 0 Å². The summed E-state index contributed by atoms with van der Waals surface area (Å²) in [5, 5.41) is 9.30. The third-order valence-corrected chi connectivity index (χ3v) is 1.55. The molecule has 0 fully saturated rings. The average molecular weight is 165 g/mol. The number of hydrogen-bond donors (Lipinski definition) is 2. The van der Waals surface area contributed by atoms with Gasteiger partial charge in [0.25, 0.3) is 6.01 Å². The van der Waals surface area contributed by atoms with Crippen LogP contribution in [0.2, 0.25) is 0 Å². The van der Waals surface area contributed by atoms with Gasteiger partial charge in [0.15, 0.2) is 0 Å². The molecule has 2 N–H and O–H groups in total. The van der Waals surface area contributed by atoms with E-state index in [1.165, 1.54) is 7.11 Å². The van der Waals surface area contributed by atoms with Crippen molar-refractivity contribution in [1.82, 2.24) is 15.0 Å². The maximum absolute atomic E-state index is 9.30. The first kappa shape index (κ1) is 6.90. The first-order valence-electron chi connectivity index (χ1n) is 3.39. The van der Waals surface area contributed by atoms with Crippen LogP contribution in [-0.2, 0) is 0 Å². The third-order valence-electron chi connectivity index (χ3n) is 1.55. The molecule has 12 heavy (non-hydrogen) atoms. The Balaban J connectivity index is 2.67. The van der Waals surface area contributed by atoms with Crippen molar-refractivity contribution < 1.29 is 9.84 Å². The number of H-pyrrole nitrogens is 1. The molecule has 5 heteroatoms. The maximum atomic E-state index is 9.30. The Labute approximate surface area is 68.4 Å². The van der Waals surface area contributed by atoms with E-state index in [4.69, 9.17) is 4.74 Å². The molecule has 2 rings (SSSR count). The molecule has 0 unspecified atom stereocenters. The fraction of sp³-hybridized carbons (Fsp3) is 0.143. The Bertz CT molecular complexity index is 371. The Kier molecular flexibility index (Phi) is 1.36. The Morgan fingerprint density at radius 1 is 1.58 bits per heavy atom. The summed E-state index contributed by atoms with van der Waals surface area (Å²) >= 11 is 0. The van der Waals surface area contributed by atoms with Gasteiger partial charge < -0.3 is 14.8 Å². The molecule has 0 aromatic rings. The second-order valence-corrected chi connectivity index (χ2v) is 2.28. The molecular formula is C7H7N3O2. The molecule has 0 bridgehead atoms. The number of nitrogens with one attached hydrogen (secondary N) is 1. The molecule has 62 valence electrons. The number of hydrogen-bond acceptors (Lipinski definition) is 4. The average Bonchev–Trinajstić information content (AvgIpc) is 2.52. The van der Waals surface area contributed by atoms with Crippen LogP contribution in [0, 0.1) is 0 Å². The number of aromatic amines is 1. The van der Waals surface area contributed by atoms with Crippen molar-refractivity contribution in [2.45, 2.75) is 0 Å². The zero-order valence-corrected chi connectivity index (χ0v) is 6.40. The molecular weight excluding hydrogens is 158 g/mol. The predicted octanol–water partition coefficient (Wildman–Crippen LogP) is 0.624. The zero-order valence-electron chi connectivity index (χ0n) is 6.40. The molecule has 0 aromatic carbocycles. The highest BCUT2D eigenvalue weighted by Gasteiger charge is 2.12. The number of methoxy groups -OCH3 is 1. The lowest BCUT2D eigenvalue weighted by Gasteiger charge is -2.03. The highest BCUT2D eigenvalue weighted by atomic mass is 16.5. The van der Waals surface area contributed by atoms with Crippen LogP contribution in [0.1, 0.15) is 0 Å². The summed E-state index contributed by atoms with van der Waals surface area (Å²) in [7, 11) is 1.47. The van der Waals surface area contributed by atoms with Crippen LogP contribution < -0.4 is 4.74 Å². The summed E-state index contributed by atoms with van der Waals surface area (Å²) in [6.45, 7) is 0. The van der Waals surface area contributed by atoms with E-state index >= 15 is 0 Å². The summed E-state index contributed by atoms with van der Waals surface area (Å²) in [5.74, 6) is -0.120. The third kappa shape index (κ3) is 0.868. The van der Waals surface area contributed by atoms with Gasteiger partial charge in [-0.15, -0.1) is 0 Å². The molecule has 5 nitrogen and oxygen atoms in total. The van der Waals surface area contributed by atoms with E-state index in [9.17, 15) is 5.11 Å². The summed E-state index contributed by atoms with van der Waals surface area (Å²) in [6, 6.07) is 2.01. The SMILES string of the molecule is COc1nc(O)c2nccc-2[nH]1. The second-order valence-electron chi connectivity index (χ2n) is 2.28. The molecule has 0 radical (unpaired) electrons. The van der Waals surface area contributed by atoms with Crippen LogP contribution in [0.5, 0.6) is 11.9 Å². The minimum Gasteiger partial charge on any atom is -0.492 e. The van der Waals surface area contributed by atoms with Gasteiger partial charge in [0.05, 0.1) is 12.8 Å². The molecule has 2 aliphatic rings. The molecule has 0 saturated heterocycles. The monoisotopic (exact) mass is 165 g/mol. The van der Waals surface area contributed by atoms with E-state index in [1.807, 2.05) is 0 Å². The lowest BCUT2D eigenvalue weighted by Crippen LogP contribution is -1.94. The fourth-order valence-electron chi connectivity index (χ4n) is 1.00. The van der Waals surface area contributed by atoms with Crippen LogP contribution in [0.15, 0.2) is 12.3 Å². The van der Waals surface area contributed by atoms with Gasteiger partial charge in [-0.05, 0) is 6.07 Å². The van der Waals surface area contributed by atoms with Crippen LogP contribution in [0.4, 0.5) is 0 Å². The number of rotatable bonds is 1. The van der Waals surface area contributed by atoms with Crippen molar-refractivity contribution in [3.63, 3.8) is 0 Å². The van der Waals surface area contributed by atoms with Crippen LogP contribution in [0.3, 0.4) is 0 Å². The summed E-state index contributed by atoms with van der Waals surface area (Å²) < 4.78 is 4.82. The maximum Gasteiger partial charge on any atom is 0.297 e. The number of ether oxygens (including phenoxy) is 1. The molecule has 0 saturated carbocycles. The normalized spacial score (nSPS) is 10.4. The van der Waals surface area contributed by atoms with Gasteiger partial charge in [0.1, 0.15) is 5.69 Å². The lowest BCUT2D eigenvalue weighted by molar-refractivity contribution is 0.364. The standard InChI is InChI=1S/C7H7N3O2/c1-12-7-9-4-2-3-8-5(4)6(11)10-7/h2-3,11H,1H3,(H,9,10). The highest BCUT2D eigenvalue weighted by molar-refractivity contribution is 5.61. The van der Waals surface area contributed by atoms with Crippen molar-refractivity contribution in [3.8, 4) is 23.3 Å².